The van der Waals surface area contributed by atoms with Gasteiger partial charge >= 0.3 is 0 Å². The average Bonchev–Trinajstić information content (AvgIpc) is 2.72. The minimum atomic E-state index is 0.0277. The van der Waals surface area contributed by atoms with Crippen LogP contribution in [0.2, 0.25) is 0 Å². The molecule has 0 unspecified atom stereocenters. The summed E-state index contributed by atoms with van der Waals surface area (Å²) in [5.41, 5.74) is 0.0277. The van der Waals surface area contributed by atoms with Gasteiger partial charge in [-0.2, -0.15) is 0 Å². The highest BCUT2D eigenvalue weighted by atomic mass is 16.3. The predicted octanol–water partition coefficient (Wildman–Crippen LogP) is 1.65. The Hall–Kier alpha value is -0.870. The summed E-state index contributed by atoms with van der Waals surface area (Å²) < 4.78 is 2.04. The highest BCUT2D eigenvalue weighted by Crippen LogP contribution is 2.26. The predicted molar refractivity (Wildman–Crippen MR) is 69.6 cm³/mol. The van der Waals surface area contributed by atoms with Crippen LogP contribution in [-0.4, -0.2) is 39.8 Å². The van der Waals surface area contributed by atoms with Gasteiger partial charge in [-0.1, -0.05) is 13.8 Å². The summed E-state index contributed by atoms with van der Waals surface area (Å²) in [6.45, 7) is 6.28. The Balaban J connectivity index is 2.59. The number of aryl methyl sites for hydroxylation is 1. The summed E-state index contributed by atoms with van der Waals surface area (Å²) in [6.07, 6.45) is 5.79. The van der Waals surface area contributed by atoms with Crippen LogP contribution in [0.1, 0.15) is 32.5 Å². The maximum atomic E-state index is 9.56. The molecule has 4 heteroatoms. The van der Waals surface area contributed by atoms with Gasteiger partial charge in [0, 0.05) is 38.0 Å². The fraction of sp³-hybridized carbons (Fsp3) is 0.769. The molecule has 4 nitrogen and oxygen atoms in total. The lowest BCUT2D eigenvalue weighted by atomic mass is 9.83. The summed E-state index contributed by atoms with van der Waals surface area (Å²) in [7, 11) is 4.10. The highest BCUT2D eigenvalue weighted by Gasteiger charge is 2.27. The molecule has 98 valence electrons. The molecule has 1 aromatic heterocycles. The average molecular weight is 239 g/mol. The van der Waals surface area contributed by atoms with Gasteiger partial charge in [0.15, 0.2) is 0 Å². The molecule has 0 atom stereocenters. The van der Waals surface area contributed by atoms with Crippen molar-refractivity contribution in [2.45, 2.75) is 33.2 Å². The Kier molecular flexibility index (Phi) is 5.15. The maximum absolute atomic E-state index is 9.56. The van der Waals surface area contributed by atoms with Gasteiger partial charge in [0.25, 0.3) is 0 Å². The molecule has 1 N–H and O–H groups in total. The quantitative estimate of drug-likeness (QED) is 0.786. The van der Waals surface area contributed by atoms with Gasteiger partial charge in [-0.15, -0.1) is 0 Å². The van der Waals surface area contributed by atoms with E-state index >= 15 is 0 Å². The van der Waals surface area contributed by atoms with Crippen LogP contribution >= 0.6 is 0 Å². The molecular formula is C13H25N3O. The lowest BCUT2D eigenvalue weighted by Crippen LogP contribution is -2.37. The van der Waals surface area contributed by atoms with E-state index in [9.17, 15) is 5.11 Å². The molecule has 1 aromatic rings. The number of aliphatic hydroxyl groups is 1. The number of hydrogen-bond acceptors (Lipinski definition) is 3. The molecule has 0 aliphatic carbocycles. The molecule has 0 aliphatic rings. The third-order valence-electron chi connectivity index (χ3n) is 3.77. The molecule has 17 heavy (non-hydrogen) atoms. The zero-order valence-corrected chi connectivity index (χ0v) is 11.5. The first-order chi connectivity index (χ1) is 8.06. The van der Waals surface area contributed by atoms with E-state index in [4.69, 9.17) is 0 Å². The second-order valence-corrected chi connectivity index (χ2v) is 4.99. The van der Waals surface area contributed by atoms with E-state index in [1.807, 2.05) is 24.0 Å². The van der Waals surface area contributed by atoms with E-state index in [-0.39, 0.29) is 12.0 Å². The van der Waals surface area contributed by atoms with Gasteiger partial charge in [-0.25, -0.2) is 4.98 Å². The minimum absolute atomic E-state index is 0.0277. The zero-order chi connectivity index (χ0) is 12.9. The summed E-state index contributed by atoms with van der Waals surface area (Å²) in [5.74, 6) is 1.06. The fourth-order valence-corrected chi connectivity index (χ4v) is 2.17. The Labute approximate surface area is 104 Å². The Morgan fingerprint density at radius 1 is 1.41 bits per heavy atom. The van der Waals surface area contributed by atoms with E-state index in [2.05, 4.69) is 30.8 Å². The molecule has 0 aliphatic heterocycles. The van der Waals surface area contributed by atoms with Crippen molar-refractivity contribution in [2.24, 2.45) is 12.5 Å². The molecule has 0 bridgehead atoms. The first-order valence-electron chi connectivity index (χ1n) is 6.32. The molecule has 0 saturated heterocycles. The van der Waals surface area contributed by atoms with Gasteiger partial charge in [0.05, 0.1) is 6.54 Å². The lowest BCUT2D eigenvalue weighted by Gasteiger charge is -2.33. The number of aliphatic hydroxyl groups excluding tert-OH is 1. The van der Waals surface area contributed by atoms with Crippen molar-refractivity contribution in [2.75, 3.05) is 20.2 Å². The topological polar surface area (TPSA) is 41.3 Å². The smallest absolute Gasteiger partial charge is 0.122 e. The number of nitrogens with zero attached hydrogens (tertiary/aromatic N) is 3. The Morgan fingerprint density at radius 3 is 2.47 bits per heavy atom. The van der Waals surface area contributed by atoms with Crippen LogP contribution in [0.5, 0.6) is 0 Å². The monoisotopic (exact) mass is 239 g/mol. The van der Waals surface area contributed by atoms with Crippen LogP contribution in [0.25, 0.3) is 0 Å². The van der Waals surface area contributed by atoms with Gasteiger partial charge < -0.3 is 9.67 Å². The van der Waals surface area contributed by atoms with Crippen molar-refractivity contribution in [3.8, 4) is 0 Å². The lowest BCUT2D eigenvalue weighted by molar-refractivity contribution is 0.0719. The summed E-state index contributed by atoms with van der Waals surface area (Å²) in [5, 5.41) is 9.56. The number of aromatic nitrogens is 2. The standard InChI is InChI=1S/C13H25N3O/c1-5-13(6-2,11-17)10-15(3)9-12-14-7-8-16(12)4/h7-8,17H,5-6,9-11H2,1-4H3. The van der Waals surface area contributed by atoms with Crippen molar-refractivity contribution in [3.05, 3.63) is 18.2 Å². The fourth-order valence-electron chi connectivity index (χ4n) is 2.17. The molecule has 1 rings (SSSR count). The van der Waals surface area contributed by atoms with Crippen LogP contribution < -0.4 is 0 Å². The Morgan fingerprint density at radius 2 is 2.06 bits per heavy atom. The molecule has 0 saturated carbocycles. The van der Waals surface area contributed by atoms with Gasteiger partial charge in [-0.05, 0) is 19.9 Å². The van der Waals surface area contributed by atoms with E-state index in [1.165, 1.54) is 0 Å². The number of hydrogen-bond donors (Lipinski definition) is 1. The summed E-state index contributed by atoms with van der Waals surface area (Å²) >= 11 is 0. The molecule has 0 amide bonds. The normalized spacial score (nSPS) is 12.4. The van der Waals surface area contributed by atoms with E-state index < -0.39 is 0 Å². The first kappa shape index (κ1) is 14.2. The van der Waals surface area contributed by atoms with E-state index in [0.29, 0.717) is 0 Å². The summed E-state index contributed by atoms with van der Waals surface area (Å²) in [6, 6.07) is 0. The van der Waals surface area contributed by atoms with E-state index in [0.717, 1.165) is 31.8 Å². The van der Waals surface area contributed by atoms with Crippen molar-refractivity contribution < 1.29 is 5.11 Å². The van der Waals surface area contributed by atoms with Crippen LogP contribution in [0.4, 0.5) is 0 Å². The van der Waals surface area contributed by atoms with E-state index in [1.54, 1.807) is 0 Å². The maximum Gasteiger partial charge on any atom is 0.122 e. The van der Waals surface area contributed by atoms with Crippen LogP contribution in [0, 0.1) is 5.41 Å². The largest absolute Gasteiger partial charge is 0.396 e. The first-order valence-corrected chi connectivity index (χ1v) is 6.32. The van der Waals surface area contributed by atoms with Gasteiger partial charge in [-0.3, -0.25) is 4.90 Å². The molecule has 0 aromatic carbocycles. The van der Waals surface area contributed by atoms with Crippen LogP contribution in [-0.2, 0) is 13.6 Å². The second-order valence-electron chi connectivity index (χ2n) is 4.99. The van der Waals surface area contributed by atoms with Crippen LogP contribution in [0.15, 0.2) is 12.4 Å². The van der Waals surface area contributed by atoms with Crippen molar-refractivity contribution >= 4 is 0 Å². The van der Waals surface area contributed by atoms with Crippen LogP contribution in [0.3, 0.4) is 0 Å². The molecular weight excluding hydrogens is 214 g/mol. The molecule has 0 fully saturated rings. The second kappa shape index (κ2) is 6.17. The number of imidazole rings is 1. The molecule has 0 spiro atoms. The van der Waals surface area contributed by atoms with Crippen molar-refractivity contribution in [1.82, 2.24) is 14.5 Å². The third kappa shape index (κ3) is 3.54. The van der Waals surface area contributed by atoms with Crippen molar-refractivity contribution in [3.63, 3.8) is 0 Å². The van der Waals surface area contributed by atoms with Crippen molar-refractivity contribution in [1.29, 1.82) is 0 Å². The number of rotatable bonds is 7. The SMILES string of the molecule is CCC(CC)(CO)CN(C)Cc1nccn1C. The third-order valence-corrected chi connectivity index (χ3v) is 3.77. The molecule has 1 heterocycles. The summed E-state index contributed by atoms with van der Waals surface area (Å²) in [4.78, 5) is 6.56. The highest BCUT2D eigenvalue weighted by molar-refractivity contribution is 4.91. The Bertz CT molecular complexity index is 323. The molecule has 0 radical (unpaired) electrons. The zero-order valence-electron chi connectivity index (χ0n) is 11.5. The van der Waals surface area contributed by atoms with Gasteiger partial charge in [0.2, 0.25) is 0 Å². The minimum Gasteiger partial charge on any atom is -0.396 e. The van der Waals surface area contributed by atoms with Gasteiger partial charge in [0.1, 0.15) is 5.82 Å².